The van der Waals surface area contributed by atoms with Crippen LogP contribution in [0.1, 0.15) is 31.3 Å². The molecule has 1 aromatic rings. The SMILES string of the molecule is CC[Si](CC)(CC)Oc1ccc(C=O)o1. The molecule has 0 bridgehead atoms. The normalized spacial score (nSPS) is 11.4. The quantitative estimate of drug-likeness (QED) is 0.550. The van der Waals surface area contributed by atoms with Crippen molar-refractivity contribution < 1.29 is 13.6 Å². The predicted octanol–water partition coefficient (Wildman–Crippen LogP) is 3.48. The molecule has 1 aromatic heterocycles. The van der Waals surface area contributed by atoms with E-state index in [-0.39, 0.29) is 0 Å². The van der Waals surface area contributed by atoms with Crippen molar-refractivity contribution in [1.29, 1.82) is 0 Å². The average molecular weight is 226 g/mol. The second kappa shape index (κ2) is 5.16. The van der Waals surface area contributed by atoms with E-state index in [0.29, 0.717) is 18.0 Å². The molecule has 3 nitrogen and oxygen atoms in total. The first kappa shape index (κ1) is 12.0. The van der Waals surface area contributed by atoms with Gasteiger partial charge in [0.15, 0.2) is 12.0 Å². The van der Waals surface area contributed by atoms with Crippen molar-refractivity contribution in [2.75, 3.05) is 0 Å². The van der Waals surface area contributed by atoms with Gasteiger partial charge in [-0.05, 0) is 24.2 Å². The van der Waals surface area contributed by atoms with Gasteiger partial charge in [-0.1, -0.05) is 20.8 Å². The van der Waals surface area contributed by atoms with Gasteiger partial charge in [0.05, 0.1) is 0 Å². The van der Waals surface area contributed by atoms with Gasteiger partial charge in [-0.15, -0.1) is 0 Å². The molecule has 0 aliphatic rings. The molecule has 1 rings (SSSR count). The molecule has 0 aromatic carbocycles. The van der Waals surface area contributed by atoms with Crippen LogP contribution in [0.4, 0.5) is 0 Å². The summed E-state index contributed by atoms with van der Waals surface area (Å²) >= 11 is 0. The summed E-state index contributed by atoms with van der Waals surface area (Å²) < 4.78 is 11.2. The van der Waals surface area contributed by atoms with E-state index < -0.39 is 8.32 Å². The Labute approximate surface area is 91.6 Å². The zero-order chi connectivity index (χ0) is 11.3. The van der Waals surface area contributed by atoms with Gasteiger partial charge in [0, 0.05) is 6.07 Å². The molecule has 0 fully saturated rings. The lowest BCUT2D eigenvalue weighted by molar-refractivity contribution is 0.109. The Morgan fingerprint density at radius 3 is 2.27 bits per heavy atom. The summed E-state index contributed by atoms with van der Waals surface area (Å²) in [6, 6.07) is 6.57. The molecule has 0 unspecified atom stereocenters. The Bertz CT molecular complexity index is 307. The Hall–Kier alpha value is -1.03. The van der Waals surface area contributed by atoms with Crippen molar-refractivity contribution in [2.24, 2.45) is 0 Å². The third-order valence-electron chi connectivity index (χ3n) is 2.97. The second-order valence-corrected chi connectivity index (χ2v) is 8.31. The highest BCUT2D eigenvalue weighted by molar-refractivity contribution is 6.74. The first-order chi connectivity index (χ1) is 7.19. The zero-order valence-corrected chi connectivity index (χ0v) is 10.6. The standard InChI is InChI=1S/C11H18O3Si/c1-4-15(5-2,6-3)14-11-8-7-10(9-12)13-11/h7-9H,4-6H2,1-3H3. The lowest BCUT2D eigenvalue weighted by Crippen LogP contribution is -2.39. The minimum absolute atomic E-state index is 0.330. The smallest absolute Gasteiger partial charge is 0.271 e. The molecule has 0 saturated heterocycles. The van der Waals surface area contributed by atoms with Gasteiger partial charge in [0.2, 0.25) is 0 Å². The number of hydrogen-bond acceptors (Lipinski definition) is 3. The molecule has 0 spiro atoms. The maximum absolute atomic E-state index is 10.5. The minimum Gasteiger partial charge on any atom is -0.519 e. The van der Waals surface area contributed by atoms with Crippen LogP contribution in [0.2, 0.25) is 18.1 Å². The lowest BCUT2D eigenvalue weighted by atomic mass is 10.5. The third kappa shape index (κ3) is 2.72. The number of rotatable bonds is 6. The Morgan fingerprint density at radius 2 is 1.87 bits per heavy atom. The van der Waals surface area contributed by atoms with E-state index in [0.717, 1.165) is 18.1 Å². The fraction of sp³-hybridized carbons (Fsp3) is 0.545. The fourth-order valence-electron chi connectivity index (χ4n) is 1.63. The van der Waals surface area contributed by atoms with Gasteiger partial charge in [-0.2, -0.15) is 0 Å². The Morgan fingerprint density at radius 1 is 1.27 bits per heavy atom. The summed E-state index contributed by atoms with van der Waals surface area (Å²) in [5.41, 5.74) is 0. The van der Waals surface area contributed by atoms with Gasteiger partial charge in [-0.25, -0.2) is 0 Å². The Kier molecular flexibility index (Phi) is 4.14. The number of hydrogen-bond donors (Lipinski definition) is 0. The topological polar surface area (TPSA) is 39.4 Å². The van der Waals surface area contributed by atoms with Gasteiger partial charge >= 0.3 is 0 Å². The van der Waals surface area contributed by atoms with Crippen molar-refractivity contribution in [3.8, 4) is 5.95 Å². The molecular weight excluding hydrogens is 208 g/mol. The van der Waals surface area contributed by atoms with Crippen molar-refractivity contribution in [2.45, 2.75) is 38.9 Å². The van der Waals surface area contributed by atoms with E-state index in [2.05, 4.69) is 20.8 Å². The number of carbonyl (C=O) groups excluding carboxylic acids is 1. The number of carbonyl (C=O) groups is 1. The number of aldehydes is 1. The molecule has 4 heteroatoms. The highest BCUT2D eigenvalue weighted by Crippen LogP contribution is 2.26. The van der Waals surface area contributed by atoms with E-state index in [1.165, 1.54) is 0 Å². The summed E-state index contributed by atoms with van der Waals surface area (Å²) in [5.74, 6) is 0.825. The molecule has 0 saturated carbocycles. The van der Waals surface area contributed by atoms with E-state index in [1.807, 2.05) is 0 Å². The van der Waals surface area contributed by atoms with Crippen LogP contribution in [0, 0.1) is 0 Å². The van der Waals surface area contributed by atoms with Crippen LogP contribution in [0.15, 0.2) is 16.5 Å². The average Bonchev–Trinajstić information content (AvgIpc) is 2.73. The molecule has 0 amide bonds. The zero-order valence-electron chi connectivity index (χ0n) is 9.58. The highest BCUT2D eigenvalue weighted by atomic mass is 28.4. The molecule has 1 heterocycles. The van der Waals surface area contributed by atoms with Crippen LogP contribution in [0.3, 0.4) is 0 Å². The summed E-state index contributed by atoms with van der Waals surface area (Å²) in [5, 5.41) is 0. The van der Waals surface area contributed by atoms with E-state index in [9.17, 15) is 4.79 Å². The monoisotopic (exact) mass is 226 g/mol. The van der Waals surface area contributed by atoms with Crippen LogP contribution >= 0.6 is 0 Å². The molecule has 84 valence electrons. The minimum atomic E-state index is -1.67. The molecule has 0 radical (unpaired) electrons. The van der Waals surface area contributed by atoms with Crippen molar-refractivity contribution in [3.05, 3.63) is 17.9 Å². The Balaban J connectivity index is 2.77. The van der Waals surface area contributed by atoms with Crippen LogP contribution in [0.25, 0.3) is 0 Å². The predicted molar refractivity (Wildman–Crippen MR) is 61.9 cm³/mol. The summed E-state index contributed by atoms with van der Waals surface area (Å²) in [7, 11) is -1.67. The molecule has 0 aliphatic carbocycles. The van der Waals surface area contributed by atoms with Gasteiger partial charge in [0.25, 0.3) is 14.3 Å². The van der Waals surface area contributed by atoms with E-state index >= 15 is 0 Å². The maximum atomic E-state index is 10.5. The first-order valence-electron chi connectivity index (χ1n) is 5.43. The first-order valence-corrected chi connectivity index (χ1v) is 7.96. The maximum Gasteiger partial charge on any atom is 0.271 e. The van der Waals surface area contributed by atoms with Crippen LogP contribution in [0.5, 0.6) is 5.95 Å². The fourth-order valence-corrected chi connectivity index (χ4v) is 4.10. The largest absolute Gasteiger partial charge is 0.519 e. The summed E-state index contributed by atoms with van der Waals surface area (Å²) in [6.45, 7) is 6.47. The number of furan rings is 1. The third-order valence-corrected chi connectivity index (χ3v) is 7.47. The van der Waals surface area contributed by atoms with Crippen molar-refractivity contribution in [3.63, 3.8) is 0 Å². The van der Waals surface area contributed by atoms with E-state index in [4.69, 9.17) is 8.84 Å². The lowest BCUT2D eigenvalue weighted by Gasteiger charge is -2.26. The molecule has 15 heavy (non-hydrogen) atoms. The molecule has 0 N–H and O–H groups in total. The van der Waals surface area contributed by atoms with Gasteiger partial charge in [0.1, 0.15) is 0 Å². The molecular formula is C11H18O3Si. The molecule has 0 atom stereocenters. The summed E-state index contributed by atoms with van der Waals surface area (Å²) in [6.07, 6.45) is 0.694. The van der Waals surface area contributed by atoms with Gasteiger partial charge in [-0.3, -0.25) is 4.79 Å². The van der Waals surface area contributed by atoms with Crippen LogP contribution < -0.4 is 4.43 Å². The van der Waals surface area contributed by atoms with Crippen molar-refractivity contribution in [1.82, 2.24) is 0 Å². The van der Waals surface area contributed by atoms with Crippen molar-refractivity contribution >= 4 is 14.6 Å². The second-order valence-electron chi connectivity index (χ2n) is 3.62. The van der Waals surface area contributed by atoms with E-state index in [1.54, 1.807) is 12.1 Å². The van der Waals surface area contributed by atoms with Crippen LogP contribution in [-0.4, -0.2) is 14.6 Å². The van der Waals surface area contributed by atoms with Gasteiger partial charge < -0.3 is 8.84 Å². The highest BCUT2D eigenvalue weighted by Gasteiger charge is 2.31. The molecule has 0 aliphatic heterocycles. The summed E-state index contributed by atoms with van der Waals surface area (Å²) in [4.78, 5) is 10.5. The van der Waals surface area contributed by atoms with Crippen LogP contribution in [-0.2, 0) is 0 Å².